The van der Waals surface area contributed by atoms with E-state index in [1.54, 1.807) is 27.7 Å². The number of amides is 1. The summed E-state index contributed by atoms with van der Waals surface area (Å²) < 4.78 is 10.0. The van der Waals surface area contributed by atoms with Gasteiger partial charge in [-0.1, -0.05) is 0 Å². The zero-order chi connectivity index (χ0) is 14.0. The molecule has 0 aromatic heterocycles. The predicted octanol–water partition coefficient (Wildman–Crippen LogP) is 1.47. The lowest BCUT2D eigenvalue weighted by atomic mass is 10.2. The first-order valence-electron chi connectivity index (χ1n) is 5.89. The quantitative estimate of drug-likeness (QED) is 0.611. The van der Waals surface area contributed by atoms with E-state index < -0.39 is 23.2 Å². The predicted molar refractivity (Wildman–Crippen MR) is 65.7 cm³/mol. The normalized spacial score (nSPS) is 25.8. The molecule has 1 aliphatic carbocycles. The highest BCUT2D eigenvalue weighted by molar-refractivity contribution is 5.90. The number of hydrogen-bond donors (Lipinski definition) is 1. The van der Waals surface area contributed by atoms with Crippen molar-refractivity contribution in [3.05, 3.63) is 0 Å². The van der Waals surface area contributed by atoms with Crippen molar-refractivity contribution in [2.45, 2.75) is 45.3 Å². The van der Waals surface area contributed by atoms with E-state index in [-0.39, 0.29) is 12.5 Å². The zero-order valence-corrected chi connectivity index (χ0v) is 11.2. The molecule has 1 rings (SSSR count). The lowest BCUT2D eigenvalue weighted by molar-refractivity contribution is -0.147. The molecule has 0 aliphatic heterocycles. The Balaban J connectivity index is 2.69. The minimum atomic E-state index is -1.10. The third kappa shape index (κ3) is 3.16. The number of carbonyl (C=O) groups is 2. The molecule has 0 spiro atoms. The third-order valence-corrected chi connectivity index (χ3v) is 2.53. The van der Waals surface area contributed by atoms with E-state index >= 15 is 0 Å². The number of esters is 1. The van der Waals surface area contributed by atoms with Crippen LogP contribution in [0.4, 0.5) is 4.79 Å². The van der Waals surface area contributed by atoms with Gasteiger partial charge in [-0.25, -0.2) is 9.59 Å². The number of alkyl carbamates (subject to hydrolysis) is 1. The van der Waals surface area contributed by atoms with Crippen molar-refractivity contribution in [1.82, 2.24) is 5.32 Å². The minimum Gasteiger partial charge on any atom is -0.464 e. The SMILES string of the molecule is C#C[C@@H]1C[C@]1(NC(=O)OC(C)(C)C)C(=O)OCC. The van der Waals surface area contributed by atoms with Crippen LogP contribution in [0.5, 0.6) is 0 Å². The summed E-state index contributed by atoms with van der Waals surface area (Å²) in [6, 6.07) is 0. The summed E-state index contributed by atoms with van der Waals surface area (Å²) in [6.07, 6.45) is 5.03. The molecule has 1 amide bonds. The first-order valence-corrected chi connectivity index (χ1v) is 5.89. The van der Waals surface area contributed by atoms with Crippen molar-refractivity contribution in [3.63, 3.8) is 0 Å². The van der Waals surface area contributed by atoms with E-state index in [2.05, 4.69) is 11.2 Å². The van der Waals surface area contributed by atoms with Crippen molar-refractivity contribution in [2.24, 2.45) is 5.92 Å². The van der Waals surface area contributed by atoms with Gasteiger partial charge in [-0.3, -0.25) is 0 Å². The average Bonchev–Trinajstić information content (AvgIpc) is 2.90. The second kappa shape index (κ2) is 4.89. The topological polar surface area (TPSA) is 64.6 Å². The summed E-state index contributed by atoms with van der Waals surface area (Å²) in [5, 5.41) is 2.53. The second-order valence-corrected chi connectivity index (χ2v) is 5.24. The molecule has 0 saturated heterocycles. The highest BCUT2D eigenvalue weighted by Gasteiger charge is 2.62. The molecular formula is C13H19NO4. The molecule has 1 N–H and O–H groups in total. The van der Waals surface area contributed by atoms with Crippen LogP contribution in [0.15, 0.2) is 0 Å². The lowest BCUT2D eigenvalue weighted by Crippen LogP contribution is -2.47. The van der Waals surface area contributed by atoms with Crippen LogP contribution in [-0.4, -0.2) is 29.8 Å². The molecule has 5 nitrogen and oxygen atoms in total. The van der Waals surface area contributed by atoms with Gasteiger partial charge in [-0.05, 0) is 34.1 Å². The van der Waals surface area contributed by atoms with Crippen molar-refractivity contribution in [2.75, 3.05) is 6.61 Å². The van der Waals surface area contributed by atoms with E-state index in [1.165, 1.54) is 0 Å². The maximum Gasteiger partial charge on any atom is 0.408 e. The van der Waals surface area contributed by atoms with Crippen LogP contribution < -0.4 is 5.32 Å². The zero-order valence-electron chi connectivity index (χ0n) is 11.2. The van der Waals surface area contributed by atoms with Crippen LogP contribution >= 0.6 is 0 Å². The molecule has 0 aromatic carbocycles. The Morgan fingerprint density at radius 3 is 2.50 bits per heavy atom. The smallest absolute Gasteiger partial charge is 0.408 e. The molecule has 2 atom stereocenters. The fourth-order valence-electron chi connectivity index (χ4n) is 1.62. The van der Waals surface area contributed by atoms with Crippen molar-refractivity contribution in [3.8, 4) is 12.3 Å². The largest absolute Gasteiger partial charge is 0.464 e. The molecule has 0 aromatic rings. The average molecular weight is 253 g/mol. The molecule has 1 aliphatic rings. The van der Waals surface area contributed by atoms with Gasteiger partial charge in [0.05, 0.1) is 12.5 Å². The molecule has 0 radical (unpaired) electrons. The Morgan fingerprint density at radius 1 is 1.50 bits per heavy atom. The summed E-state index contributed by atoms with van der Waals surface area (Å²) in [5.74, 6) is 1.64. The molecule has 0 bridgehead atoms. The summed E-state index contributed by atoms with van der Waals surface area (Å²) >= 11 is 0. The third-order valence-electron chi connectivity index (χ3n) is 2.53. The maximum absolute atomic E-state index is 11.8. The van der Waals surface area contributed by atoms with Crippen molar-refractivity contribution in [1.29, 1.82) is 0 Å². The van der Waals surface area contributed by atoms with E-state index in [0.29, 0.717) is 6.42 Å². The monoisotopic (exact) mass is 253 g/mol. The van der Waals surface area contributed by atoms with Gasteiger partial charge in [0.2, 0.25) is 0 Å². The van der Waals surface area contributed by atoms with Gasteiger partial charge in [0.15, 0.2) is 5.54 Å². The molecule has 1 fully saturated rings. The first-order chi connectivity index (χ1) is 8.25. The highest BCUT2D eigenvalue weighted by Crippen LogP contribution is 2.44. The fraction of sp³-hybridized carbons (Fsp3) is 0.692. The van der Waals surface area contributed by atoms with Crippen LogP contribution in [0.3, 0.4) is 0 Å². The van der Waals surface area contributed by atoms with Gasteiger partial charge in [-0.15, -0.1) is 12.3 Å². The molecule has 100 valence electrons. The first kappa shape index (κ1) is 14.4. The Labute approximate surface area is 107 Å². The van der Waals surface area contributed by atoms with Gasteiger partial charge >= 0.3 is 12.1 Å². The maximum atomic E-state index is 11.8. The van der Waals surface area contributed by atoms with E-state index in [0.717, 1.165) is 0 Å². The summed E-state index contributed by atoms with van der Waals surface area (Å²) in [7, 11) is 0. The van der Waals surface area contributed by atoms with Gasteiger partial charge < -0.3 is 14.8 Å². The number of ether oxygens (including phenoxy) is 2. The van der Waals surface area contributed by atoms with E-state index in [4.69, 9.17) is 15.9 Å². The number of terminal acetylenes is 1. The highest BCUT2D eigenvalue weighted by atomic mass is 16.6. The Hall–Kier alpha value is -1.70. The molecular weight excluding hydrogens is 234 g/mol. The van der Waals surface area contributed by atoms with Crippen molar-refractivity contribution >= 4 is 12.1 Å². The van der Waals surface area contributed by atoms with E-state index in [1.807, 2.05) is 0 Å². The number of hydrogen-bond acceptors (Lipinski definition) is 4. The van der Waals surface area contributed by atoms with Gasteiger partial charge in [-0.2, -0.15) is 0 Å². The Morgan fingerprint density at radius 2 is 2.11 bits per heavy atom. The summed E-state index contributed by atoms with van der Waals surface area (Å²) in [5.41, 5.74) is -1.73. The molecule has 1 saturated carbocycles. The molecule has 0 heterocycles. The number of carbonyl (C=O) groups excluding carboxylic acids is 2. The number of rotatable bonds is 3. The van der Waals surface area contributed by atoms with Crippen LogP contribution in [-0.2, 0) is 14.3 Å². The van der Waals surface area contributed by atoms with Gasteiger partial charge in [0.25, 0.3) is 0 Å². The second-order valence-electron chi connectivity index (χ2n) is 5.24. The Kier molecular flexibility index (Phi) is 3.90. The minimum absolute atomic E-state index is 0.244. The van der Waals surface area contributed by atoms with Crippen molar-refractivity contribution < 1.29 is 19.1 Å². The summed E-state index contributed by atoms with van der Waals surface area (Å²) in [6.45, 7) is 7.18. The van der Waals surface area contributed by atoms with Crippen LogP contribution in [0.1, 0.15) is 34.1 Å². The molecule has 0 unspecified atom stereocenters. The standard InChI is InChI=1S/C13H19NO4/c1-6-9-8-13(9,10(15)17-7-2)14-11(16)18-12(3,4)5/h1,9H,7-8H2,2-5H3,(H,14,16)/t9-,13-/m1/s1. The van der Waals surface area contributed by atoms with Crippen LogP contribution in [0, 0.1) is 18.3 Å². The summed E-state index contributed by atoms with van der Waals surface area (Å²) in [4.78, 5) is 23.5. The molecule has 18 heavy (non-hydrogen) atoms. The van der Waals surface area contributed by atoms with Gasteiger partial charge in [0, 0.05) is 0 Å². The number of nitrogens with one attached hydrogen (secondary N) is 1. The Bertz CT molecular complexity index is 391. The van der Waals surface area contributed by atoms with Crippen LogP contribution in [0.25, 0.3) is 0 Å². The fourth-order valence-corrected chi connectivity index (χ4v) is 1.62. The van der Waals surface area contributed by atoms with Gasteiger partial charge in [0.1, 0.15) is 5.60 Å². The van der Waals surface area contributed by atoms with Crippen LogP contribution in [0.2, 0.25) is 0 Å². The van der Waals surface area contributed by atoms with E-state index in [9.17, 15) is 9.59 Å². The lowest BCUT2D eigenvalue weighted by Gasteiger charge is -2.22. The molecule has 5 heteroatoms.